The molecule has 1 aliphatic heterocycles. The van der Waals surface area contributed by atoms with E-state index in [1.807, 2.05) is 41.2 Å². The first kappa shape index (κ1) is 14.1. The molecule has 1 aliphatic rings. The topological polar surface area (TPSA) is 64.7 Å². The van der Waals surface area contributed by atoms with Gasteiger partial charge in [0.2, 0.25) is 0 Å². The SMILES string of the molecule is c1ccc(-n2ncc(CN3CCCC3Cn3cncn3)n2)cc1. The average molecular weight is 309 g/mol. The predicted octanol–water partition coefficient (Wildman–Crippen LogP) is 1.52. The summed E-state index contributed by atoms with van der Waals surface area (Å²) in [5.41, 5.74) is 1.98. The Balaban J connectivity index is 1.44. The summed E-state index contributed by atoms with van der Waals surface area (Å²) in [6, 6.07) is 10.5. The van der Waals surface area contributed by atoms with Gasteiger partial charge in [0, 0.05) is 12.6 Å². The van der Waals surface area contributed by atoms with E-state index < -0.39 is 0 Å². The largest absolute Gasteiger partial charge is 0.293 e. The van der Waals surface area contributed by atoms with Crippen molar-refractivity contribution >= 4 is 0 Å². The van der Waals surface area contributed by atoms with Gasteiger partial charge in [0.15, 0.2) is 0 Å². The van der Waals surface area contributed by atoms with Crippen molar-refractivity contribution in [3.8, 4) is 5.69 Å². The van der Waals surface area contributed by atoms with E-state index in [9.17, 15) is 0 Å². The van der Waals surface area contributed by atoms with Crippen molar-refractivity contribution in [3.05, 3.63) is 54.9 Å². The molecule has 0 saturated carbocycles. The van der Waals surface area contributed by atoms with Gasteiger partial charge in [0.1, 0.15) is 12.7 Å². The molecular weight excluding hydrogens is 290 g/mol. The summed E-state index contributed by atoms with van der Waals surface area (Å²) < 4.78 is 1.91. The normalized spacial score (nSPS) is 18.5. The second kappa shape index (κ2) is 6.29. The van der Waals surface area contributed by atoms with Gasteiger partial charge in [0.05, 0.1) is 24.1 Å². The lowest BCUT2D eigenvalue weighted by atomic mass is 10.2. The number of nitrogens with zero attached hydrogens (tertiary/aromatic N) is 7. The second-order valence-electron chi connectivity index (χ2n) is 5.84. The first-order chi connectivity index (χ1) is 11.4. The third-order valence-corrected chi connectivity index (χ3v) is 4.25. The summed E-state index contributed by atoms with van der Waals surface area (Å²) in [4.78, 5) is 8.17. The molecule has 2 aromatic heterocycles. The zero-order valence-electron chi connectivity index (χ0n) is 12.9. The van der Waals surface area contributed by atoms with Gasteiger partial charge in [-0.15, -0.1) is 0 Å². The van der Waals surface area contributed by atoms with E-state index in [1.165, 1.54) is 12.8 Å². The van der Waals surface area contributed by atoms with Crippen LogP contribution in [0.3, 0.4) is 0 Å². The number of para-hydroxylation sites is 1. The summed E-state index contributed by atoms with van der Waals surface area (Å²) in [5.74, 6) is 0. The lowest BCUT2D eigenvalue weighted by Crippen LogP contribution is -2.32. The molecule has 0 aliphatic carbocycles. The maximum Gasteiger partial charge on any atom is 0.137 e. The molecule has 1 atom stereocenters. The van der Waals surface area contributed by atoms with Crippen LogP contribution >= 0.6 is 0 Å². The molecule has 1 unspecified atom stereocenters. The van der Waals surface area contributed by atoms with E-state index >= 15 is 0 Å². The van der Waals surface area contributed by atoms with Crippen molar-refractivity contribution in [3.63, 3.8) is 0 Å². The van der Waals surface area contributed by atoms with E-state index in [0.717, 1.165) is 31.0 Å². The molecule has 3 aromatic rings. The number of aromatic nitrogens is 6. The molecule has 1 aromatic carbocycles. The summed E-state index contributed by atoms with van der Waals surface area (Å²) in [6.07, 6.45) is 7.63. The van der Waals surface area contributed by atoms with Crippen LogP contribution in [0.1, 0.15) is 18.5 Å². The average Bonchev–Trinajstić information content (AvgIpc) is 3.33. The van der Waals surface area contributed by atoms with Gasteiger partial charge < -0.3 is 0 Å². The molecule has 23 heavy (non-hydrogen) atoms. The van der Waals surface area contributed by atoms with E-state index in [4.69, 9.17) is 0 Å². The van der Waals surface area contributed by atoms with Gasteiger partial charge in [-0.2, -0.15) is 20.1 Å². The highest BCUT2D eigenvalue weighted by molar-refractivity contribution is 5.28. The van der Waals surface area contributed by atoms with Crippen LogP contribution in [0.25, 0.3) is 5.69 Å². The molecule has 1 fully saturated rings. The quantitative estimate of drug-likeness (QED) is 0.715. The Morgan fingerprint density at radius 3 is 2.87 bits per heavy atom. The van der Waals surface area contributed by atoms with Crippen LogP contribution < -0.4 is 0 Å². The lowest BCUT2D eigenvalue weighted by Gasteiger charge is -2.23. The minimum atomic E-state index is 0.485. The van der Waals surface area contributed by atoms with Gasteiger partial charge in [-0.1, -0.05) is 18.2 Å². The molecule has 1 saturated heterocycles. The van der Waals surface area contributed by atoms with Crippen molar-refractivity contribution in [1.29, 1.82) is 0 Å². The number of rotatable bonds is 5. The number of likely N-dealkylation sites (tertiary alicyclic amines) is 1. The van der Waals surface area contributed by atoms with Crippen molar-refractivity contribution in [2.75, 3.05) is 6.54 Å². The Labute approximate surface area is 134 Å². The third-order valence-electron chi connectivity index (χ3n) is 4.25. The standard InChI is InChI=1S/C16H19N7/c1-2-5-15(6-3-1)23-18-9-14(20-23)10-21-8-4-7-16(21)11-22-13-17-12-19-22/h1-3,5-6,9,12-13,16H,4,7-8,10-11H2. The van der Waals surface area contributed by atoms with E-state index in [2.05, 4.69) is 25.2 Å². The minimum absolute atomic E-state index is 0.485. The Bertz CT molecular complexity index is 735. The van der Waals surface area contributed by atoms with Crippen molar-refractivity contribution in [2.45, 2.75) is 32.0 Å². The first-order valence-electron chi connectivity index (χ1n) is 7.91. The summed E-state index contributed by atoms with van der Waals surface area (Å²) in [5, 5.41) is 13.2. The van der Waals surface area contributed by atoms with Crippen LogP contribution in [0, 0.1) is 0 Å². The van der Waals surface area contributed by atoms with Crippen molar-refractivity contribution < 1.29 is 0 Å². The molecule has 0 spiro atoms. The second-order valence-corrected chi connectivity index (χ2v) is 5.84. The highest BCUT2D eigenvalue weighted by Gasteiger charge is 2.25. The molecule has 7 heteroatoms. The number of benzene rings is 1. The zero-order valence-corrected chi connectivity index (χ0v) is 12.9. The summed E-state index contributed by atoms with van der Waals surface area (Å²) in [7, 11) is 0. The van der Waals surface area contributed by atoms with Crippen LogP contribution in [0.15, 0.2) is 49.2 Å². The summed E-state index contributed by atoms with van der Waals surface area (Å²) in [6.45, 7) is 2.80. The fraction of sp³-hybridized carbons (Fsp3) is 0.375. The molecule has 4 rings (SSSR count). The van der Waals surface area contributed by atoms with Crippen LogP contribution in [0.2, 0.25) is 0 Å². The highest BCUT2D eigenvalue weighted by Crippen LogP contribution is 2.20. The van der Waals surface area contributed by atoms with Crippen LogP contribution in [-0.4, -0.2) is 47.2 Å². The van der Waals surface area contributed by atoms with Gasteiger partial charge in [-0.3, -0.25) is 9.58 Å². The van der Waals surface area contributed by atoms with E-state index in [1.54, 1.807) is 17.5 Å². The first-order valence-corrected chi connectivity index (χ1v) is 7.91. The summed E-state index contributed by atoms with van der Waals surface area (Å²) >= 11 is 0. The Hall–Kier alpha value is -2.54. The molecule has 0 amide bonds. The molecule has 118 valence electrons. The monoisotopic (exact) mass is 309 g/mol. The maximum atomic E-state index is 4.60. The van der Waals surface area contributed by atoms with Crippen LogP contribution in [0.5, 0.6) is 0 Å². The van der Waals surface area contributed by atoms with Gasteiger partial charge in [0.25, 0.3) is 0 Å². The molecular formula is C16H19N7. The fourth-order valence-corrected chi connectivity index (χ4v) is 3.11. The van der Waals surface area contributed by atoms with Crippen molar-refractivity contribution in [1.82, 2.24) is 34.7 Å². The van der Waals surface area contributed by atoms with E-state index in [-0.39, 0.29) is 0 Å². The molecule has 0 N–H and O–H groups in total. The van der Waals surface area contributed by atoms with Gasteiger partial charge >= 0.3 is 0 Å². The van der Waals surface area contributed by atoms with E-state index in [0.29, 0.717) is 6.04 Å². The molecule has 3 heterocycles. The minimum Gasteiger partial charge on any atom is -0.293 e. The van der Waals surface area contributed by atoms with Gasteiger partial charge in [-0.25, -0.2) is 4.98 Å². The van der Waals surface area contributed by atoms with Crippen LogP contribution in [0.4, 0.5) is 0 Å². The zero-order chi connectivity index (χ0) is 15.5. The molecule has 0 radical (unpaired) electrons. The fourth-order valence-electron chi connectivity index (χ4n) is 3.11. The van der Waals surface area contributed by atoms with Gasteiger partial charge in [-0.05, 0) is 31.5 Å². The Morgan fingerprint density at radius 2 is 2.04 bits per heavy atom. The Kier molecular flexibility index (Phi) is 3.85. The molecule has 7 nitrogen and oxygen atoms in total. The highest BCUT2D eigenvalue weighted by atomic mass is 15.5. The smallest absolute Gasteiger partial charge is 0.137 e. The van der Waals surface area contributed by atoms with Crippen molar-refractivity contribution in [2.24, 2.45) is 0 Å². The molecule has 0 bridgehead atoms. The third kappa shape index (κ3) is 3.14. The number of hydrogen-bond acceptors (Lipinski definition) is 5. The predicted molar refractivity (Wildman–Crippen MR) is 84.8 cm³/mol. The Morgan fingerprint density at radius 1 is 1.13 bits per heavy atom. The van der Waals surface area contributed by atoms with Crippen LogP contribution in [-0.2, 0) is 13.1 Å². The lowest BCUT2D eigenvalue weighted by molar-refractivity contribution is 0.216. The number of hydrogen-bond donors (Lipinski definition) is 0. The maximum absolute atomic E-state index is 4.60.